The second kappa shape index (κ2) is 11.2. The maximum atomic E-state index is 13.1. The third-order valence-corrected chi connectivity index (χ3v) is 5.64. The molecule has 1 atom stereocenters. The molecular formula is C22H30N6O4. The fourth-order valence-electron chi connectivity index (χ4n) is 3.95. The smallest absolute Gasteiger partial charge is 0.247 e. The van der Waals surface area contributed by atoms with Gasteiger partial charge in [-0.2, -0.15) is 5.26 Å². The van der Waals surface area contributed by atoms with Gasteiger partial charge in [0.1, 0.15) is 6.04 Å². The zero-order valence-electron chi connectivity index (χ0n) is 18.6. The highest BCUT2D eigenvalue weighted by molar-refractivity contribution is 5.97. The van der Waals surface area contributed by atoms with Gasteiger partial charge in [-0.3, -0.25) is 14.9 Å². The zero-order chi connectivity index (χ0) is 22.9. The monoisotopic (exact) mass is 442 g/mol. The van der Waals surface area contributed by atoms with E-state index in [1.807, 2.05) is 11.1 Å². The maximum Gasteiger partial charge on any atom is 0.247 e. The minimum atomic E-state index is -0.674. The first kappa shape index (κ1) is 23.2. The molecule has 1 aromatic rings. The lowest BCUT2D eigenvalue weighted by atomic mass is 10.1. The molecule has 2 aliphatic rings. The molecule has 2 amide bonds. The van der Waals surface area contributed by atoms with E-state index in [0.717, 1.165) is 38.8 Å². The van der Waals surface area contributed by atoms with E-state index >= 15 is 0 Å². The highest BCUT2D eigenvalue weighted by atomic mass is 16.5. The van der Waals surface area contributed by atoms with Crippen LogP contribution in [0.25, 0.3) is 0 Å². The van der Waals surface area contributed by atoms with Gasteiger partial charge in [0.05, 0.1) is 20.8 Å². The number of anilines is 1. The van der Waals surface area contributed by atoms with Gasteiger partial charge >= 0.3 is 0 Å². The van der Waals surface area contributed by atoms with Crippen LogP contribution in [0, 0.1) is 11.5 Å². The van der Waals surface area contributed by atoms with Gasteiger partial charge in [-0.1, -0.05) is 0 Å². The van der Waals surface area contributed by atoms with Crippen molar-refractivity contribution in [1.29, 1.82) is 5.26 Å². The van der Waals surface area contributed by atoms with Gasteiger partial charge < -0.3 is 24.6 Å². The van der Waals surface area contributed by atoms with Crippen molar-refractivity contribution < 1.29 is 19.1 Å². The number of hydrogen-bond acceptors (Lipinski definition) is 6. The predicted octanol–water partition coefficient (Wildman–Crippen LogP) is 1.55. The van der Waals surface area contributed by atoms with Crippen molar-refractivity contribution >= 4 is 23.5 Å². The third-order valence-electron chi connectivity index (χ3n) is 5.64. The molecule has 0 aromatic heterocycles. The molecule has 2 saturated heterocycles. The van der Waals surface area contributed by atoms with E-state index in [1.54, 1.807) is 30.2 Å². The molecular weight excluding hydrogens is 412 g/mol. The number of guanidine groups is 1. The first-order chi connectivity index (χ1) is 15.5. The van der Waals surface area contributed by atoms with E-state index in [9.17, 15) is 9.59 Å². The molecule has 0 spiro atoms. The average Bonchev–Trinajstić information content (AvgIpc) is 3.29. The van der Waals surface area contributed by atoms with Crippen LogP contribution in [-0.2, 0) is 9.59 Å². The summed E-state index contributed by atoms with van der Waals surface area (Å²) in [6.07, 6.45) is 6.06. The van der Waals surface area contributed by atoms with Crippen LogP contribution >= 0.6 is 0 Å². The van der Waals surface area contributed by atoms with Crippen LogP contribution in [0.1, 0.15) is 32.1 Å². The lowest BCUT2D eigenvalue weighted by molar-refractivity contribution is -0.140. The molecule has 0 saturated carbocycles. The summed E-state index contributed by atoms with van der Waals surface area (Å²) in [5.74, 6) is 1.04. The molecule has 3 rings (SSSR count). The number of nitrogens with zero attached hydrogens (tertiary/aromatic N) is 4. The van der Waals surface area contributed by atoms with Crippen LogP contribution in [0.5, 0.6) is 11.5 Å². The normalized spacial score (nSPS) is 19.2. The van der Waals surface area contributed by atoms with Crippen LogP contribution < -0.4 is 20.1 Å². The van der Waals surface area contributed by atoms with Crippen LogP contribution in [0.15, 0.2) is 23.2 Å². The Morgan fingerprint density at radius 1 is 1.16 bits per heavy atom. The number of likely N-dealkylation sites (tertiary alicyclic amines) is 2. The largest absolute Gasteiger partial charge is 0.493 e. The summed E-state index contributed by atoms with van der Waals surface area (Å²) in [6, 6.07) is 4.52. The van der Waals surface area contributed by atoms with Crippen LogP contribution in [0.3, 0.4) is 0 Å². The minimum Gasteiger partial charge on any atom is -0.493 e. The minimum absolute atomic E-state index is 0.0145. The first-order valence-corrected chi connectivity index (χ1v) is 10.8. The van der Waals surface area contributed by atoms with Crippen LogP contribution in [-0.4, -0.2) is 74.0 Å². The molecule has 10 heteroatoms. The fraction of sp³-hybridized carbons (Fsp3) is 0.545. The van der Waals surface area contributed by atoms with Crippen molar-refractivity contribution in [3.8, 4) is 17.7 Å². The summed E-state index contributed by atoms with van der Waals surface area (Å²) in [5, 5.41) is 14.7. The topological polar surface area (TPSA) is 119 Å². The standard InChI is InChI=1S/C22H30N6O4/c1-31-18-9-8-16(13-19(18)32-2)25-22(24-15-23)26-17-7-3-4-12-28(21(17)30)14-20(29)27-10-5-6-11-27/h8-9,13,17H,3-7,10-12,14H2,1-2H3,(H2,24,25,26). The molecule has 0 radical (unpaired) electrons. The molecule has 1 aromatic carbocycles. The van der Waals surface area contributed by atoms with Gasteiger partial charge in [-0.25, -0.2) is 4.99 Å². The summed E-state index contributed by atoms with van der Waals surface area (Å²) >= 11 is 0. The second-order valence-corrected chi connectivity index (χ2v) is 7.77. The highest BCUT2D eigenvalue weighted by Crippen LogP contribution is 2.29. The van der Waals surface area contributed by atoms with Crippen molar-refractivity contribution in [3.63, 3.8) is 0 Å². The number of carbonyl (C=O) groups excluding carboxylic acids is 2. The number of rotatable bonds is 6. The Morgan fingerprint density at radius 3 is 2.56 bits per heavy atom. The molecule has 172 valence electrons. The van der Waals surface area contributed by atoms with E-state index in [4.69, 9.17) is 14.7 Å². The lowest BCUT2D eigenvalue weighted by Crippen LogP contribution is -2.45. The maximum absolute atomic E-state index is 13.1. The Balaban J connectivity index is 1.74. The van der Waals surface area contributed by atoms with E-state index in [0.29, 0.717) is 30.2 Å². The number of nitriles is 1. The molecule has 10 nitrogen and oxygen atoms in total. The van der Waals surface area contributed by atoms with Crippen molar-refractivity contribution in [1.82, 2.24) is 15.1 Å². The number of hydrogen-bond donors (Lipinski definition) is 2. The van der Waals surface area contributed by atoms with Gasteiger partial charge in [0.2, 0.25) is 17.8 Å². The molecule has 2 aliphatic heterocycles. The summed E-state index contributed by atoms with van der Waals surface area (Å²) in [4.78, 5) is 33.6. The quantitative estimate of drug-likeness (QED) is 0.297. The summed E-state index contributed by atoms with van der Waals surface area (Å²) in [6.45, 7) is 2.13. The second-order valence-electron chi connectivity index (χ2n) is 7.77. The first-order valence-electron chi connectivity index (χ1n) is 10.8. The number of carbonyl (C=O) groups is 2. The van der Waals surface area contributed by atoms with Crippen LogP contribution in [0.4, 0.5) is 5.69 Å². The van der Waals surface area contributed by atoms with Crippen molar-refractivity contribution in [3.05, 3.63) is 18.2 Å². The molecule has 2 N–H and O–H groups in total. The van der Waals surface area contributed by atoms with E-state index < -0.39 is 6.04 Å². The van der Waals surface area contributed by atoms with E-state index in [2.05, 4.69) is 15.6 Å². The fourth-order valence-corrected chi connectivity index (χ4v) is 3.95. The van der Waals surface area contributed by atoms with E-state index in [-0.39, 0.29) is 24.3 Å². The summed E-state index contributed by atoms with van der Waals surface area (Å²) in [7, 11) is 3.08. The van der Waals surface area contributed by atoms with Crippen molar-refractivity contribution in [2.75, 3.05) is 45.7 Å². The number of nitrogens with one attached hydrogen (secondary N) is 2. The molecule has 2 fully saturated rings. The predicted molar refractivity (Wildman–Crippen MR) is 119 cm³/mol. The summed E-state index contributed by atoms with van der Waals surface area (Å²) in [5.41, 5.74) is 0.617. The third kappa shape index (κ3) is 5.81. The summed E-state index contributed by atoms with van der Waals surface area (Å²) < 4.78 is 10.5. The van der Waals surface area contributed by atoms with Gasteiger partial charge in [0.15, 0.2) is 17.7 Å². The SMILES string of the molecule is COc1ccc(NC(=NC2CCCCN(CC(=O)N3CCCC3)C2=O)NC#N)cc1OC. The molecule has 0 aliphatic carbocycles. The highest BCUT2D eigenvalue weighted by Gasteiger charge is 2.30. The Kier molecular flexibility index (Phi) is 8.14. The molecule has 1 unspecified atom stereocenters. The Bertz CT molecular complexity index is 891. The number of aliphatic imine (C=N–C) groups is 1. The molecule has 0 bridgehead atoms. The van der Waals surface area contributed by atoms with Crippen molar-refractivity contribution in [2.24, 2.45) is 4.99 Å². The van der Waals surface area contributed by atoms with Gasteiger partial charge in [0.25, 0.3) is 0 Å². The zero-order valence-corrected chi connectivity index (χ0v) is 18.6. The lowest BCUT2D eigenvalue weighted by Gasteiger charge is -2.25. The van der Waals surface area contributed by atoms with Gasteiger partial charge in [-0.15, -0.1) is 0 Å². The number of ether oxygens (including phenoxy) is 2. The Hall–Kier alpha value is -3.48. The van der Waals surface area contributed by atoms with Crippen LogP contribution in [0.2, 0.25) is 0 Å². The average molecular weight is 443 g/mol. The Morgan fingerprint density at radius 2 is 1.88 bits per heavy atom. The molecule has 32 heavy (non-hydrogen) atoms. The Labute approximate surface area is 188 Å². The number of benzene rings is 1. The van der Waals surface area contributed by atoms with Crippen molar-refractivity contribution in [2.45, 2.75) is 38.1 Å². The van der Waals surface area contributed by atoms with Gasteiger partial charge in [-0.05, 0) is 44.2 Å². The molecule has 2 heterocycles. The number of methoxy groups -OCH3 is 2. The van der Waals surface area contributed by atoms with E-state index in [1.165, 1.54) is 7.11 Å². The van der Waals surface area contributed by atoms with Gasteiger partial charge in [0, 0.05) is 31.4 Å². The number of amides is 2.